The number of amides is 2. The number of rotatable bonds is 2. The molecule has 5 unspecified atom stereocenters. The van der Waals surface area contributed by atoms with Crippen molar-refractivity contribution in [1.82, 2.24) is 9.88 Å². The highest BCUT2D eigenvalue weighted by atomic mass is 16.5. The number of aliphatic hydroxyl groups is 3. The van der Waals surface area contributed by atoms with Gasteiger partial charge >= 0.3 is 0 Å². The minimum Gasteiger partial charge on any atom is -0.394 e. The Balaban J connectivity index is 1.58. The molecule has 1 fully saturated rings. The summed E-state index contributed by atoms with van der Waals surface area (Å²) in [7, 11) is 1.51. The monoisotopic (exact) mass is 487 g/mol. The highest BCUT2D eigenvalue weighted by Gasteiger charge is 2.47. The molecule has 9 nitrogen and oxygen atoms in total. The van der Waals surface area contributed by atoms with E-state index < -0.39 is 31.1 Å². The smallest absolute Gasteiger partial charge is 0.262 e. The summed E-state index contributed by atoms with van der Waals surface area (Å²) in [5.41, 5.74) is 4.09. The van der Waals surface area contributed by atoms with Gasteiger partial charge in [-0.3, -0.25) is 14.5 Å². The lowest BCUT2D eigenvalue weighted by molar-refractivity contribution is -0.179. The first-order valence-electron chi connectivity index (χ1n) is 12.1. The van der Waals surface area contributed by atoms with Crippen LogP contribution >= 0.6 is 0 Å². The van der Waals surface area contributed by atoms with Gasteiger partial charge in [-0.1, -0.05) is 36.5 Å². The average Bonchev–Trinajstić information content (AvgIpc) is 3.50. The number of carbonyl (C=O) groups excluding carboxylic acids is 2. The molecule has 7 rings (SSSR count). The number of benzene rings is 1. The molecule has 2 aromatic rings. The lowest BCUT2D eigenvalue weighted by atomic mass is 9.94. The molecular weight excluding hydrogens is 462 g/mol. The van der Waals surface area contributed by atoms with E-state index in [1.54, 1.807) is 0 Å². The van der Waals surface area contributed by atoms with Crippen LogP contribution in [0.4, 0.5) is 5.69 Å². The van der Waals surface area contributed by atoms with Gasteiger partial charge < -0.3 is 29.9 Å². The highest BCUT2D eigenvalue weighted by Crippen LogP contribution is 2.42. The lowest BCUT2D eigenvalue weighted by Gasteiger charge is -2.43. The third kappa shape index (κ3) is 2.63. The number of nitrogens with zero attached hydrogens (tertiary/aromatic N) is 2. The van der Waals surface area contributed by atoms with Crippen molar-refractivity contribution in [3.05, 3.63) is 63.7 Å². The Morgan fingerprint density at radius 1 is 1.14 bits per heavy atom. The van der Waals surface area contributed by atoms with Crippen LogP contribution in [-0.2, 0) is 11.2 Å². The molecule has 1 saturated heterocycles. The molecule has 2 amide bonds. The van der Waals surface area contributed by atoms with E-state index in [-0.39, 0.29) is 24.3 Å². The number of aromatic amines is 1. The maximum Gasteiger partial charge on any atom is 0.262 e. The van der Waals surface area contributed by atoms with Gasteiger partial charge in [0.1, 0.15) is 18.4 Å². The van der Waals surface area contributed by atoms with Crippen molar-refractivity contribution < 1.29 is 29.6 Å². The lowest BCUT2D eigenvalue weighted by Crippen LogP contribution is -2.56. The van der Waals surface area contributed by atoms with Gasteiger partial charge in [0.2, 0.25) is 0 Å². The third-order valence-corrected chi connectivity index (χ3v) is 8.00. The fraction of sp³-hybridized carbons (Fsp3) is 0.333. The summed E-state index contributed by atoms with van der Waals surface area (Å²) in [5, 5.41) is 33.1. The minimum absolute atomic E-state index is 0.109. The van der Waals surface area contributed by atoms with Crippen molar-refractivity contribution in [3.63, 3.8) is 0 Å². The summed E-state index contributed by atoms with van der Waals surface area (Å²) in [6, 6.07) is -0.317. The van der Waals surface area contributed by atoms with E-state index >= 15 is 0 Å². The molecule has 0 spiro atoms. The molecule has 3 aliphatic heterocycles. The first kappa shape index (κ1) is 21.8. The molecule has 0 saturated carbocycles. The molecule has 4 heterocycles. The van der Waals surface area contributed by atoms with Gasteiger partial charge in [-0.05, 0) is 23.6 Å². The Kier molecular flexibility index (Phi) is 4.53. The quantitative estimate of drug-likeness (QED) is 0.424. The summed E-state index contributed by atoms with van der Waals surface area (Å²) in [5.74, 6) is -0.666. The minimum atomic E-state index is -1.20. The summed E-state index contributed by atoms with van der Waals surface area (Å²) in [6.45, 7) is -0.443. The Hall–Kier alpha value is -3.50. The molecule has 2 aliphatic carbocycles. The Labute approximate surface area is 205 Å². The zero-order valence-electron chi connectivity index (χ0n) is 19.5. The molecule has 5 aliphatic rings. The van der Waals surface area contributed by atoms with Crippen LogP contribution in [-0.4, -0.2) is 81.3 Å². The highest BCUT2D eigenvalue weighted by molar-refractivity contribution is 6.29. The van der Waals surface area contributed by atoms with Crippen molar-refractivity contribution in [2.24, 2.45) is 0 Å². The maximum atomic E-state index is 13.5. The molecular formula is C27H25N3O6. The summed E-state index contributed by atoms with van der Waals surface area (Å²) >= 11 is 0. The van der Waals surface area contributed by atoms with E-state index in [9.17, 15) is 24.9 Å². The van der Waals surface area contributed by atoms with Gasteiger partial charge in [-0.2, -0.15) is 0 Å². The van der Waals surface area contributed by atoms with Crippen molar-refractivity contribution in [3.8, 4) is 0 Å². The number of carbonyl (C=O) groups is 2. The van der Waals surface area contributed by atoms with Gasteiger partial charge in [-0.25, -0.2) is 0 Å². The number of fused-ring (bicyclic) bond motifs is 9. The van der Waals surface area contributed by atoms with E-state index in [1.165, 1.54) is 11.9 Å². The van der Waals surface area contributed by atoms with E-state index in [4.69, 9.17) is 4.74 Å². The molecule has 9 heteroatoms. The topological polar surface area (TPSA) is 126 Å². The third-order valence-electron chi connectivity index (χ3n) is 8.00. The van der Waals surface area contributed by atoms with Gasteiger partial charge in [-0.15, -0.1) is 0 Å². The molecule has 184 valence electrons. The van der Waals surface area contributed by atoms with Crippen LogP contribution in [0.1, 0.15) is 32.7 Å². The second-order valence-corrected chi connectivity index (χ2v) is 9.87. The Bertz CT molecular complexity index is 1580. The van der Waals surface area contributed by atoms with Gasteiger partial charge in [0.25, 0.3) is 11.8 Å². The van der Waals surface area contributed by atoms with Crippen LogP contribution in [0.25, 0.3) is 22.6 Å². The molecule has 0 bridgehead atoms. The number of aliphatic hydroxyl groups excluding tert-OH is 3. The van der Waals surface area contributed by atoms with Crippen molar-refractivity contribution >= 4 is 40.1 Å². The van der Waals surface area contributed by atoms with Gasteiger partial charge in [0.05, 0.1) is 41.1 Å². The second kappa shape index (κ2) is 7.50. The first-order chi connectivity index (χ1) is 17.4. The number of H-pyrrole nitrogens is 1. The summed E-state index contributed by atoms with van der Waals surface area (Å²) in [6.07, 6.45) is 10.5. The number of allylic oxidation sites excluding steroid dienone is 4. The van der Waals surface area contributed by atoms with Crippen LogP contribution in [0.3, 0.4) is 0 Å². The number of aromatic nitrogens is 1. The molecule has 1 aromatic heterocycles. The van der Waals surface area contributed by atoms with E-state index in [1.807, 2.05) is 47.4 Å². The Morgan fingerprint density at radius 2 is 1.94 bits per heavy atom. The average molecular weight is 488 g/mol. The van der Waals surface area contributed by atoms with Crippen molar-refractivity contribution in [2.45, 2.75) is 43.4 Å². The number of anilines is 1. The number of nitrogens with one attached hydrogen (secondary N) is 1. The van der Waals surface area contributed by atoms with Crippen LogP contribution < -0.4 is 15.5 Å². The van der Waals surface area contributed by atoms with Gasteiger partial charge in [0, 0.05) is 29.4 Å². The fourth-order valence-electron chi connectivity index (χ4n) is 6.33. The maximum absolute atomic E-state index is 13.5. The number of ether oxygens (including phenoxy) is 1. The van der Waals surface area contributed by atoms with E-state index in [2.05, 4.69) is 4.98 Å². The molecule has 4 N–H and O–H groups in total. The second-order valence-electron chi connectivity index (χ2n) is 9.87. The van der Waals surface area contributed by atoms with E-state index in [0.717, 1.165) is 33.1 Å². The predicted molar refractivity (Wildman–Crippen MR) is 132 cm³/mol. The van der Waals surface area contributed by atoms with Crippen molar-refractivity contribution in [2.75, 3.05) is 18.6 Å². The number of hydrogen-bond acceptors (Lipinski definition) is 7. The summed E-state index contributed by atoms with van der Waals surface area (Å²) in [4.78, 5) is 33.6. The fourth-order valence-corrected chi connectivity index (χ4v) is 6.33. The Morgan fingerprint density at radius 3 is 2.75 bits per heavy atom. The van der Waals surface area contributed by atoms with Crippen molar-refractivity contribution in [1.29, 1.82) is 0 Å². The van der Waals surface area contributed by atoms with Crippen LogP contribution in [0.2, 0.25) is 0 Å². The number of imide groups is 1. The van der Waals surface area contributed by atoms with Crippen LogP contribution in [0.5, 0.6) is 0 Å². The molecule has 5 atom stereocenters. The van der Waals surface area contributed by atoms with Crippen LogP contribution in [0.15, 0.2) is 36.5 Å². The SMILES string of the molecule is CN1C(=O)c2c(c3c4c([nH]c3c3c2=C2C=CC=CC2N3C2CC(O)C(O)C(CO)O2)=CC=CC4)C1=O. The predicted octanol–water partition coefficient (Wildman–Crippen LogP) is -0.419. The molecule has 36 heavy (non-hydrogen) atoms. The molecule has 0 radical (unpaired) electrons. The van der Waals surface area contributed by atoms with Gasteiger partial charge in [0.15, 0.2) is 0 Å². The standard InChI is InChI=1S/C27H25N3O6/c1-29-26(34)21-19-12-6-2-4-8-14(12)28-23(19)24-20(22(21)27(29)35)13-7-3-5-9-15(13)30(24)18-10-16(32)25(33)17(11-31)36-18/h2-5,7-9,15-18,25,28,31-33H,6,10-11H2,1H3. The normalized spacial score (nSPS) is 30.1. The first-order valence-corrected chi connectivity index (χ1v) is 12.1. The summed E-state index contributed by atoms with van der Waals surface area (Å²) < 4.78 is 6.15. The number of hydrogen-bond donors (Lipinski definition) is 4. The zero-order valence-corrected chi connectivity index (χ0v) is 19.5. The van der Waals surface area contributed by atoms with Crippen LogP contribution in [0, 0.1) is 0 Å². The van der Waals surface area contributed by atoms with E-state index in [0.29, 0.717) is 22.8 Å². The molecule has 1 aromatic carbocycles. The largest absolute Gasteiger partial charge is 0.394 e. The zero-order chi connectivity index (χ0) is 24.9.